The highest BCUT2D eigenvalue weighted by Crippen LogP contribution is 2.27. The van der Waals surface area contributed by atoms with Crippen molar-refractivity contribution in [3.63, 3.8) is 0 Å². The molecule has 0 aromatic carbocycles. The predicted molar refractivity (Wildman–Crippen MR) is 52.1 cm³/mol. The zero-order chi connectivity index (χ0) is 7.72. The number of nitrogens with zero attached hydrogens (tertiary/aromatic N) is 1. The Kier molecular flexibility index (Phi) is 2.89. The Labute approximate surface area is 84.6 Å². The van der Waals surface area contributed by atoms with Gasteiger partial charge in [0, 0.05) is 4.47 Å². The fourth-order valence-electron chi connectivity index (χ4n) is 0.582. The molecule has 1 heterocycles. The van der Waals surface area contributed by atoms with Gasteiger partial charge < -0.3 is 0 Å². The van der Waals surface area contributed by atoms with Crippen LogP contribution in [0, 0.1) is 6.92 Å². The smallest absolute Gasteiger partial charge is 0.107 e. The molecule has 54 valence electrons. The van der Waals surface area contributed by atoms with Crippen molar-refractivity contribution in [1.82, 2.24) is 4.98 Å². The van der Waals surface area contributed by atoms with Crippen LogP contribution in [-0.4, -0.2) is 4.98 Å². The van der Waals surface area contributed by atoms with Crippen LogP contribution >= 0.6 is 47.8 Å². The third kappa shape index (κ3) is 1.80. The Morgan fingerprint density at radius 1 is 1.30 bits per heavy atom. The minimum atomic E-state index is 0.847. The second-order valence-corrected chi connectivity index (χ2v) is 4.29. The van der Waals surface area contributed by atoms with E-state index in [0.717, 1.165) is 19.2 Å². The summed E-state index contributed by atoms with van der Waals surface area (Å²) in [5.41, 5.74) is 0.973. The molecule has 0 spiro atoms. The van der Waals surface area contributed by atoms with Crippen molar-refractivity contribution < 1.29 is 0 Å². The first kappa shape index (κ1) is 8.68. The molecule has 0 unspecified atom stereocenters. The predicted octanol–water partition coefficient (Wildman–Crippen LogP) is 3.68. The van der Waals surface area contributed by atoms with Crippen LogP contribution in [0.25, 0.3) is 0 Å². The molecule has 0 saturated heterocycles. The van der Waals surface area contributed by atoms with Crippen molar-refractivity contribution in [2.45, 2.75) is 6.92 Å². The van der Waals surface area contributed by atoms with Crippen molar-refractivity contribution in [2.75, 3.05) is 0 Å². The van der Waals surface area contributed by atoms with Gasteiger partial charge in [0.25, 0.3) is 0 Å². The molecular weight excluding hydrogens is 326 g/mol. The molecule has 0 amide bonds. The van der Waals surface area contributed by atoms with Crippen molar-refractivity contribution in [3.05, 3.63) is 25.3 Å². The fraction of sp³-hybridized carbons (Fsp3) is 0.167. The lowest BCUT2D eigenvalue weighted by Gasteiger charge is -1.99. The van der Waals surface area contributed by atoms with Gasteiger partial charge in [-0.1, -0.05) is 0 Å². The van der Waals surface area contributed by atoms with E-state index in [1.807, 2.05) is 13.0 Å². The molecule has 1 aromatic rings. The van der Waals surface area contributed by atoms with Gasteiger partial charge in [-0.05, 0) is 60.8 Å². The second kappa shape index (κ2) is 3.32. The second-order valence-electron chi connectivity index (χ2n) is 1.83. The van der Waals surface area contributed by atoms with E-state index in [-0.39, 0.29) is 0 Å². The number of pyridine rings is 1. The highest BCUT2D eigenvalue weighted by molar-refractivity contribution is 9.13. The van der Waals surface area contributed by atoms with Gasteiger partial charge in [-0.2, -0.15) is 0 Å². The average Bonchev–Trinajstić information content (AvgIpc) is 1.82. The first-order valence-electron chi connectivity index (χ1n) is 2.59. The summed E-state index contributed by atoms with van der Waals surface area (Å²) in [6.07, 6.45) is 0. The molecular formula is C6H4Br3N. The number of hydrogen-bond donors (Lipinski definition) is 0. The van der Waals surface area contributed by atoms with Gasteiger partial charge in [-0.3, -0.25) is 0 Å². The van der Waals surface area contributed by atoms with Gasteiger partial charge in [-0.15, -0.1) is 0 Å². The molecule has 1 aromatic heterocycles. The molecule has 0 atom stereocenters. The van der Waals surface area contributed by atoms with Gasteiger partial charge in [-0.25, -0.2) is 4.98 Å². The molecule has 0 aliphatic heterocycles. The van der Waals surface area contributed by atoms with E-state index < -0.39 is 0 Å². The lowest BCUT2D eigenvalue weighted by molar-refractivity contribution is 1.14. The molecule has 0 saturated carbocycles. The Hall–Kier alpha value is 0.590. The third-order valence-electron chi connectivity index (χ3n) is 1.05. The normalized spacial score (nSPS) is 10.0. The molecule has 0 bridgehead atoms. The van der Waals surface area contributed by atoms with E-state index >= 15 is 0 Å². The van der Waals surface area contributed by atoms with Crippen molar-refractivity contribution >= 4 is 47.8 Å². The minimum Gasteiger partial charge on any atom is -0.245 e. The number of aromatic nitrogens is 1. The number of halogens is 3. The lowest BCUT2D eigenvalue weighted by atomic mass is 10.4. The van der Waals surface area contributed by atoms with Crippen LogP contribution in [0.2, 0.25) is 0 Å². The quantitative estimate of drug-likeness (QED) is 0.662. The van der Waals surface area contributed by atoms with E-state index in [0.29, 0.717) is 0 Å². The van der Waals surface area contributed by atoms with Gasteiger partial charge in [0.15, 0.2) is 0 Å². The van der Waals surface area contributed by atoms with Crippen LogP contribution in [-0.2, 0) is 0 Å². The van der Waals surface area contributed by atoms with Crippen LogP contribution in [0.1, 0.15) is 5.69 Å². The summed E-state index contributed by atoms with van der Waals surface area (Å²) in [6, 6.07) is 1.90. The molecule has 0 N–H and O–H groups in total. The fourth-order valence-corrected chi connectivity index (χ4v) is 2.09. The van der Waals surface area contributed by atoms with E-state index in [2.05, 4.69) is 52.8 Å². The molecule has 4 heteroatoms. The number of rotatable bonds is 0. The zero-order valence-corrected chi connectivity index (χ0v) is 9.92. The lowest BCUT2D eigenvalue weighted by Crippen LogP contribution is -1.84. The van der Waals surface area contributed by atoms with Crippen LogP contribution < -0.4 is 0 Å². The standard InChI is InChI=1S/C6H4Br3N/c1-3-6(9)4(7)2-5(8)10-3/h2H,1H3. The van der Waals surface area contributed by atoms with Crippen molar-refractivity contribution in [1.29, 1.82) is 0 Å². The highest BCUT2D eigenvalue weighted by Gasteiger charge is 2.01. The topological polar surface area (TPSA) is 12.9 Å². The van der Waals surface area contributed by atoms with Gasteiger partial charge in [0.05, 0.1) is 10.2 Å². The highest BCUT2D eigenvalue weighted by atomic mass is 79.9. The Morgan fingerprint density at radius 3 is 2.40 bits per heavy atom. The Morgan fingerprint density at radius 2 is 1.90 bits per heavy atom. The maximum Gasteiger partial charge on any atom is 0.107 e. The zero-order valence-electron chi connectivity index (χ0n) is 5.16. The van der Waals surface area contributed by atoms with Crippen LogP contribution in [0.4, 0.5) is 0 Å². The summed E-state index contributed by atoms with van der Waals surface area (Å²) in [5.74, 6) is 0. The number of aryl methyl sites for hydroxylation is 1. The summed E-state index contributed by atoms with van der Waals surface area (Å²) >= 11 is 10.0. The molecule has 0 aliphatic carbocycles. The van der Waals surface area contributed by atoms with Gasteiger partial charge in [0.2, 0.25) is 0 Å². The Balaban J connectivity index is 3.31. The molecule has 0 fully saturated rings. The van der Waals surface area contributed by atoms with Gasteiger partial charge >= 0.3 is 0 Å². The first-order chi connectivity index (χ1) is 4.61. The van der Waals surface area contributed by atoms with Crippen molar-refractivity contribution in [2.24, 2.45) is 0 Å². The van der Waals surface area contributed by atoms with Gasteiger partial charge in [0.1, 0.15) is 4.60 Å². The minimum absolute atomic E-state index is 0.847. The summed E-state index contributed by atoms with van der Waals surface area (Å²) in [6.45, 7) is 1.94. The summed E-state index contributed by atoms with van der Waals surface area (Å²) in [5, 5.41) is 0. The van der Waals surface area contributed by atoms with Crippen LogP contribution in [0.15, 0.2) is 19.6 Å². The molecule has 0 radical (unpaired) electrons. The third-order valence-corrected chi connectivity index (χ3v) is 3.61. The molecule has 0 aliphatic rings. The molecule has 10 heavy (non-hydrogen) atoms. The maximum atomic E-state index is 4.17. The maximum absolute atomic E-state index is 4.17. The molecule has 1 rings (SSSR count). The van der Waals surface area contributed by atoms with E-state index in [1.165, 1.54) is 0 Å². The van der Waals surface area contributed by atoms with Crippen LogP contribution in [0.3, 0.4) is 0 Å². The summed E-state index contributed by atoms with van der Waals surface area (Å²) in [7, 11) is 0. The SMILES string of the molecule is Cc1nc(Br)cc(Br)c1Br. The van der Waals surface area contributed by atoms with E-state index in [4.69, 9.17) is 0 Å². The van der Waals surface area contributed by atoms with Crippen LogP contribution in [0.5, 0.6) is 0 Å². The molecule has 1 nitrogen and oxygen atoms in total. The summed E-state index contributed by atoms with van der Waals surface area (Å²) < 4.78 is 2.88. The van der Waals surface area contributed by atoms with Crippen molar-refractivity contribution in [3.8, 4) is 0 Å². The number of hydrogen-bond acceptors (Lipinski definition) is 1. The first-order valence-corrected chi connectivity index (χ1v) is 4.97. The monoisotopic (exact) mass is 327 g/mol. The summed E-state index contributed by atoms with van der Waals surface area (Å²) in [4.78, 5) is 4.17. The average molecular weight is 330 g/mol. The van der Waals surface area contributed by atoms with E-state index in [9.17, 15) is 0 Å². The Bertz CT molecular complexity index is 236. The largest absolute Gasteiger partial charge is 0.245 e. The van der Waals surface area contributed by atoms with E-state index in [1.54, 1.807) is 0 Å².